The zero-order valence-corrected chi connectivity index (χ0v) is 41.8. The number of allylic oxidation sites excluding steroid dienone is 18. The summed E-state index contributed by atoms with van der Waals surface area (Å²) in [6.45, 7) is 3.55. The van der Waals surface area contributed by atoms with Crippen LogP contribution in [-0.2, 0) is 32.7 Å². The Morgan fingerprint density at radius 2 is 0.846 bits per heavy atom. The molecular weight excluding hydrogens is 834 g/mol. The lowest BCUT2D eigenvalue weighted by Crippen LogP contribution is -2.29. The first-order chi connectivity index (χ1) is 31.8. The Hall–Kier alpha value is -3.33. The SMILES string of the molecule is CC/C=C\C/C=C\C/C=C\C/C=C\C/C=C\C/C=C\CCCCCCC(=O)OC(COC(=O)CCCCCCCC/C=C\C/C=C\C/C=C\CCCCCCC)COP(=O)(O)OCCN. The average molecular weight is 926 g/mol. The molecule has 0 aliphatic carbocycles. The first kappa shape index (κ1) is 61.7. The number of rotatable bonds is 46. The quantitative estimate of drug-likeness (QED) is 0.0265. The molecule has 0 spiro atoms. The number of hydrogen-bond acceptors (Lipinski definition) is 8. The van der Waals surface area contributed by atoms with Crippen molar-refractivity contribution < 1.29 is 37.6 Å². The van der Waals surface area contributed by atoms with Gasteiger partial charge in [-0.15, -0.1) is 0 Å². The zero-order valence-electron chi connectivity index (χ0n) is 40.9. The Labute approximate surface area is 397 Å². The topological polar surface area (TPSA) is 134 Å². The van der Waals surface area contributed by atoms with Crippen molar-refractivity contribution in [3.05, 3.63) is 109 Å². The van der Waals surface area contributed by atoms with Crippen LogP contribution in [0.25, 0.3) is 0 Å². The molecule has 65 heavy (non-hydrogen) atoms. The van der Waals surface area contributed by atoms with Crippen molar-refractivity contribution in [3.8, 4) is 0 Å². The highest BCUT2D eigenvalue weighted by molar-refractivity contribution is 7.47. The second-order valence-corrected chi connectivity index (χ2v) is 17.8. The number of esters is 2. The van der Waals surface area contributed by atoms with Crippen LogP contribution in [0.1, 0.15) is 194 Å². The van der Waals surface area contributed by atoms with Crippen molar-refractivity contribution in [2.75, 3.05) is 26.4 Å². The maximum atomic E-state index is 12.7. The van der Waals surface area contributed by atoms with Gasteiger partial charge < -0.3 is 20.1 Å². The Morgan fingerprint density at radius 3 is 1.26 bits per heavy atom. The highest BCUT2D eigenvalue weighted by Gasteiger charge is 2.26. The number of nitrogens with two attached hydrogens (primary N) is 1. The minimum Gasteiger partial charge on any atom is -0.462 e. The number of phosphoric acid groups is 1. The van der Waals surface area contributed by atoms with Crippen LogP contribution < -0.4 is 5.73 Å². The zero-order chi connectivity index (χ0) is 47.4. The van der Waals surface area contributed by atoms with Gasteiger partial charge in [0.05, 0.1) is 13.2 Å². The van der Waals surface area contributed by atoms with E-state index in [1.807, 2.05) is 0 Å². The fourth-order valence-electron chi connectivity index (χ4n) is 6.41. The molecule has 2 atom stereocenters. The van der Waals surface area contributed by atoms with Crippen molar-refractivity contribution in [2.45, 2.75) is 200 Å². The Morgan fingerprint density at radius 1 is 0.477 bits per heavy atom. The van der Waals surface area contributed by atoms with E-state index in [2.05, 4.69) is 123 Å². The van der Waals surface area contributed by atoms with Crippen LogP contribution in [0.2, 0.25) is 0 Å². The van der Waals surface area contributed by atoms with Gasteiger partial charge in [-0.1, -0.05) is 187 Å². The Balaban J connectivity index is 4.19. The molecule has 0 fully saturated rings. The third-order valence-corrected chi connectivity index (χ3v) is 11.1. The lowest BCUT2D eigenvalue weighted by atomic mass is 10.1. The molecule has 0 rings (SSSR count). The summed E-state index contributed by atoms with van der Waals surface area (Å²) in [4.78, 5) is 35.1. The van der Waals surface area contributed by atoms with Crippen LogP contribution in [0.15, 0.2) is 109 Å². The number of carbonyl (C=O) groups excluding carboxylic acids is 2. The van der Waals surface area contributed by atoms with E-state index in [1.54, 1.807) is 0 Å². The molecule has 0 aromatic rings. The molecule has 10 heteroatoms. The Bertz CT molecular complexity index is 1430. The van der Waals surface area contributed by atoms with E-state index in [-0.39, 0.29) is 32.6 Å². The van der Waals surface area contributed by atoms with Gasteiger partial charge in [0.1, 0.15) is 6.61 Å². The highest BCUT2D eigenvalue weighted by Crippen LogP contribution is 2.43. The van der Waals surface area contributed by atoms with Gasteiger partial charge in [0.15, 0.2) is 6.10 Å². The van der Waals surface area contributed by atoms with Crippen LogP contribution in [0.3, 0.4) is 0 Å². The molecule has 0 saturated carbocycles. The van der Waals surface area contributed by atoms with E-state index in [4.69, 9.17) is 24.3 Å². The van der Waals surface area contributed by atoms with Crippen LogP contribution in [0.4, 0.5) is 0 Å². The summed E-state index contributed by atoms with van der Waals surface area (Å²) in [5.41, 5.74) is 5.36. The molecule has 0 aliphatic heterocycles. The van der Waals surface area contributed by atoms with Gasteiger partial charge in [0, 0.05) is 19.4 Å². The monoisotopic (exact) mass is 926 g/mol. The first-order valence-corrected chi connectivity index (χ1v) is 26.9. The summed E-state index contributed by atoms with van der Waals surface area (Å²) in [6.07, 6.45) is 66.9. The van der Waals surface area contributed by atoms with Gasteiger partial charge in [0.25, 0.3) is 0 Å². The molecule has 3 N–H and O–H groups in total. The summed E-state index contributed by atoms with van der Waals surface area (Å²) in [5.74, 6) is -0.880. The van der Waals surface area contributed by atoms with Crippen molar-refractivity contribution in [1.29, 1.82) is 0 Å². The lowest BCUT2D eigenvalue weighted by molar-refractivity contribution is -0.161. The van der Waals surface area contributed by atoms with Gasteiger partial charge in [-0.2, -0.15) is 0 Å². The van der Waals surface area contributed by atoms with Crippen LogP contribution in [0.5, 0.6) is 0 Å². The van der Waals surface area contributed by atoms with E-state index in [9.17, 15) is 19.0 Å². The van der Waals surface area contributed by atoms with E-state index in [1.165, 1.54) is 38.5 Å². The van der Waals surface area contributed by atoms with Crippen molar-refractivity contribution in [2.24, 2.45) is 5.73 Å². The fourth-order valence-corrected chi connectivity index (χ4v) is 7.17. The minimum absolute atomic E-state index is 0.0403. The van der Waals surface area contributed by atoms with Gasteiger partial charge in [-0.3, -0.25) is 18.6 Å². The second kappa shape index (κ2) is 50.1. The number of unbranched alkanes of at least 4 members (excludes halogenated alkanes) is 15. The van der Waals surface area contributed by atoms with E-state index >= 15 is 0 Å². The highest BCUT2D eigenvalue weighted by atomic mass is 31.2. The maximum absolute atomic E-state index is 12.7. The Kier molecular flexibility index (Phi) is 47.5. The smallest absolute Gasteiger partial charge is 0.462 e. The van der Waals surface area contributed by atoms with E-state index in [0.29, 0.717) is 12.8 Å². The predicted molar refractivity (Wildman–Crippen MR) is 275 cm³/mol. The van der Waals surface area contributed by atoms with Crippen molar-refractivity contribution in [1.82, 2.24) is 0 Å². The molecule has 0 aromatic heterocycles. The molecule has 370 valence electrons. The molecule has 0 radical (unpaired) electrons. The van der Waals surface area contributed by atoms with Crippen LogP contribution in [0, 0.1) is 0 Å². The minimum atomic E-state index is -4.40. The normalized spacial score (nSPS) is 14.1. The largest absolute Gasteiger partial charge is 0.472 e. The molecule has 0 saturated heterocycles. The van der Waals surface area contributed by atoms with E-state index in [0.717, 1.165) is 116 Å². The van der Waals surface area contributed by atoms with Gasteiger partial charge in [-0.05, 0) is 103 Å². The maximum Gasteiger partial charge on any atom is 0.472 e. The number of hydrogen-bond donors (Lipinski definition) is 2. The molecule has 0 bridgehead atoms. The van der Waals surface area contributed by atoms with Crippen LogP contribution >= 0.6 is 7.82 Å². The first-order valence-electron chi connectivity index (χ1n) is 25.4. The van der Waals surface area contributed by atoms with Gasteiger partial charge in [-0.25, -0.2) is 4.57 Å². The molecule has 9 nitrogen and oxygen atoms in total. The summed E-state index contributed by atoms with van der Waals surface area (Å²) < 4.78 is 32.9. The second-order valence-electron chi connectivity index (χ2n) is 16.3. The number of carbonyl (C=O) groups is 2. The molecule has 2 unspecified atom stereocenters. The fraction of sp³-hybridized carbons (Fsp3) is 0.636. The third-order valence-electron chi connectivity index (χ3n) is 10.1. The average Bonchev–Trinajstić information content (AvgIpc) is 3.30. The predicted octanol–water partition coefficient (Wildman–Crippen LogP) is 15.5. The third kappa shape index (κ3) is 49.9. The molecule has 0 heterocycles. The summed E-state index contributed by atoms with van der Waals surface area (Å²) >= 11 is 0. The van der Waals surface area contributed by atoms with Gasteiger partial charge in [0.2, 0.25) is 0 Å². The van der Waals surface area contributed by atoms with Gasteiger partial charge >= 0.3 is 19.8 Å². The lowest BCUT2D eigenvalue weighted by Gasteiger charge is -2.19. The summed E-state index contributed by atoms with van der Waals surface area (Å²) in [5, 5.41) is 0. The van der Waals surface area contributed by atoms with E-state index < -0.39 is 32.5 Å². The molecule has 0 amide bonds. The summed E-state index contributed by atoms with van der Waals surface area (Å²) in [6, 6.07) is 0. The standard InChI is InChI=1S/C55H92NO8P/c1-3-5-7-9-11-13-15-17-19-21-23-25-26-28-30-32-34-36-38-40-42-44-46-48-55(58)64-53(52-63-65(59,60)62-50-49-56)51-61-54(57)47-45-43-41-39-37-35-33-31-29-27-24-22-20-18-16-14-12-10-8-6-4-2/h5,7,11,13,16-19,22-25,28-31,34,36,53H,3-4,6,8-10,12,14-15,20-21,26-27,32-33,35,37-52,56H2,1-2H3,(H,59,60)/b7-5-,13-11-,18-16-,19-17-,24-22-,25-23-,30-28-,31-29-,36-34-. The van der Waals surface area contributed by atoms with Crippen LogP contribution in [-0.4, -0.2) is 49.3 Å². The molecule has 0 aliphatic rings. The van der Waals surface area contributed by atoms with Crippen molar-refractivity contribution in [3.63, 3.8) is 0 Å². The summed E-state index contributed by atoms with van der Waals surface area (Å²) in [7, 11) is -4.40. The molecule has 0 aromatic carbocycles. The molecular formula is C55H92NO8P. The number of phosphoric ester groups is 1. The van der Waals surface area contributed by atoms with Crippen molar-refractivity contribution >= 4 is 19.8 Å². The number of ether oxygens (including phenoxy) is 2.